The summed E-state index contributed by atoms with van der Waals surface area (Å²) >= 11 is 15.3. The Hall–Kier alpha value is -1.30. The molecular weight excluding hydrogens is 353 g/mol. The molecule has 3 rings (SSSR count). The second kappa shape index (κ2) is 5.00. The maximum Gasteiger partial charge on any atom is 0.265 e. The van der Waals surface area contributed by atoms with Crippen molar-refractivity contribution in [2.24, 2.45) is 0 Å². The lowest BCUT2D eigenvalue weighted by molar-refractivity contribution is 0.464. The molecule has 0 N–H and O–H groups in total. The van der Waals surface area contributed by atoms with E-state index in [0.29, 0.717) is 31.9 Å². The molecule has 0 unspecified atom stereocenters. The molecule has 0 amide bonds. The average molecular weight is 359 g/mol. The van der Waals surface area contributed by atoms with Gasteiger partial charge in [-0.2, -0.15) is 0 Å². The van der Waals surface area contributed by atoms with E-state index in [9.17, 15) is 0 Å². The number of nitrogens with zero attached hydrogens (tertiary/aromatic N) is 3. The van der Waals surface area contributed by atoms with E-state index in [2.05, 4.69) is 25.9 Å². The molecule has 0 aliphatic rings. The molecule has 0 atom stereocenters. The summed E-state index contributed by atoms with van der Waals surface area (Å²) in [6.45, 7) is 0. The van der Waals surface area contributed by atoms with Gasteiger partial charge in [-0.3, -0.25) is 4.40 Å². The number of rotatable bonds is 2. The van der Waals surface area contributed by atoms with Crippen LogP contribution in [0.25, 0.3) is 5.65 Å². The molecule has 0 aliphatic carbocycles. The summed E-state index contributed by atoms with van der Waals surface area (Å²) in [6, 6.07) is 5.16. The molecule has 0 spiro atoms. The number of halogens is 3. The SMILES string of the molecule is Clc1cccc(Oc2nc(Br)cn3ccnc23)c1Cl. The second-order valence-electron chi connectivity index (χ2n) is 3.68. The van der Waals surface area contributed by atoms with Crippen molar-refractivity contribution in [2.75, 3.05) is 0 Å². The van der Waals surface area contributed by atoms with Crippen LogP contribution >= 0.6 is 39.1 Å². The lowest BCUT2D eigenvalue weighted by atomic mass is 10.3. The van der Waals surface area contributed by atoms with Gasteiger partial charge in [0.05, 0.1) is 5.02 Å². The van der Waals surface area contributed by atoms with E-state index in [1.165, 1.54) is 0 Å². The summed E-state index contributed by atoms with van der Waals surface area (Å²) in [5.41, 5.74) is 0.597. The van der Waals surface area contributed by atoms with Gasteiger partial charge in [0, 0.05) is 18.6 Å². The molecule has 3 aromatic rings. The first kappa shape index (κ1) is 12.7. The maximum atomic E-state index is 6.08. The number of fused-ring (bicyclic) bond motifs is 1. The van der Waals surface area contributed by atoms with Crippen molar-refractivity contribution in [1.29, 1.82) is 0 Å². The molecule has 7 heteroatoms. The first-order valence-corrected chi connectivity index (χ1v) is 6.81. The monoisotopic (exact) mass is 357 g/mol. The van der Waals surface area contributed by atoms with Crippen molar-refractivity contribution in [3.8, 4) is 11.6 Å². The number of benzene rings is 1. The van der Waals surface area contributed by atoms with Crippen LogP contribution in [0.1, 0.15) is 0 Å². The van der Waals surface area contributed by atoms with Gasteiger partial charge >= 0.3 is 0 Å². The molecule has 0 saturated carbocycles. The van der Waals surface area contributed by atoms with Crippen LogP contribution in [-0.4, -0.2) is 14.4 Å². The van der Waals surface area contributed by atoms with Crippen LogP contribution in [0.5, 0.6) is 11.6 Å². The first-order valence-electron chi connectivity index (χ1n) is 5.26. The van der Waals surface area contributed by atoms with Crippen molar-refractivity contribution < 1.29 is 4.74 Å². The highest BCUT2D eigenvalue weighted by molar-refractivity contribution is 9.10. The number of hydrogen-bond donors (Lipinski definition) is 0. The molecular formula is C12H6BrCl2N3O. The third-order valence-electron chi connectivity index (χ3n) is 2.44. The summed E-state index contributed by atoms with van der Waals surface area (Å²) in [4.78, 5) is 8.44. The second-order valence-corrected chi connectivity index (χ2v) is 5.28. The van der Waals surface area contributed by atoms with Gasteiger partial charge in [0.25, 0.3) is 5.88 Å². The Labute approximate surface area is 127 Å². The van der Waals surface area contributed by atoms with E-state index < -0.39 is 0 Å². The van der Waals surface area contributed by atoms with Gasteiger partial charge in [0.1, 0.15) is 15.4 Å². The van der Waals surface area contributed by atoms with Gasteiger partial charge in [0.15, 0.2) is 0 Å². The molecule has 96 valence electrons. The van der Waals surface area contributed by atoms with E-state index in [1.54, 1.807) is 41.2 Å². The molecule has 0 bridgehead atoms. The third kappa shape index (κ3) is 2.41. The minimum absolute atomic E-state index is 0.343. The first-order chi connectivity index (χ1) is 9.15. The van der Waals surface area contributed by atoms with Gasteiger partial charge < -0.3 is 4.74 Å². The maximum absolute atomic E-state index is 6.08. The van der Waals surface area contributed by atoms with Gasteiger partial charge in [0.2, 0.25) is 5.65 Å². The van der Waals surface area contributed by atoms with Crippen LogP contribution in [0.2, 0.25) is 10.0 Å². The van der Waals surface area contributed by atoms with Crippen LogP contribution in [0.3, 0.4) is 0 Å². The van der Waals surface area contributed by atoms with E-state index in [0.717, 1.165) is 0 Å². The van der Waals surface area contributed by atoms with Crippen LogP contribution < -0.4 is 4.74 Å². The minimum atomic E-state index is 0.343. The van der Waals surface area contributed by atoms with Crippen molar-refractivity contribution in [3.63, 3.8) is 0 Å². The van der Waals surface area contributed by atoms with Gasteiger partial charge in [-0.05, 0) is 28.1 Å². The fourth-order valence-corrected chi connectivity index (χ4v) is 2.32. The Morgan fingerprint density at radius 1 is 1.26 bits per heavy atom. The largest absolute Gasteiger partial charge is 0.434 e. The van der Waals surface area contributed by atoms with Crippen LogP contribution in [0.4, 0.5) is 0 Å². The number of aromatic nitrogens is 3. The lowest BCUT2D eigenvalue weighted by Crippen LogP contribution is -1.95. The molecule has 4 nitrogen and oxygen atoms in total. The van der Waals surface area contributed by atoms with Gasteiger partial charge in [-0.15, -0.1) is 0 Å². The van der Waals surface area contributed by atoms with E-state index >= 15 is 0 Å². The summed E-state index contributed by atoms with van der Waals surface area (Å²) in [6.07, 6.45) is 5.25. The van der Waals surface area contributed by atoms with Crippen LogP contribution in [0, 0.1) is 0 Å². The predicted octanol–water partition coefficient (Wildman–Crippen LogP) is 4.59. The number of ether oxygens (including phenoxy) is 1. The Kier molecular flexibility index (Phi) is 3.35. The Balaban J connectivity index is 2.10. The van der Waals surface area contributed by atoms with E-state index in [1.807, 2.05) is 0 Å². The highest BCUT2D eigenvalue weighted by Gasteiger charge is 2.12. The van der Waals surface area contributed by atoms with Gasteiger partial charge in [-0.25, -0.2) is 9.97 Å². The van der Waals surface area contributed by atoms with Crippen molar-refractivity contribution in [3.05, 3.63) is 51.4 Å². The lowest BCUT2D eigenvalue weighted by Gasteiger charge is -2.08. The fraction of sp³-hybridized carbons (Fsp3) is 0. The quantitative estimate of drug-likeness (QED) is 0.672. The molecule has 0 radical (unpaired) electrons. The average Bonchev–Trinajstić information content (AvgIpc) is 2.83. The van der Waals surface area contributed by atoms with Gasteiger partial charge in [-0.1, -0.05) is 29.3 Å². The van der Waals surface area contributed by atoms with E-state index in [-0.39, 0.29) is 0 Å². The zero-order valence-electron chi connectivity index (χ0n) is 9.35. The minimum Gasteiger partial charge on any atom is -0.434 e. The zero-order valence-corrected chi connectivity index (χ0v) is 12.4. The molecule has 2 heterocycles. The number of hydrogen-bond acceptors (Lipinski definition) is 3. The molecule has 1 aromatic carbocycles. The molecule has 19 heavy (non-hydrogen) atoms. The summed E-state index contributed by atoms with van der Waals surface area (Å²) in [7, 11) is 0. The summed E-state index contributed by atoms with van der Waals surface area (Å²) in [5.74, 6) is 0.785. The Morgan fingerprint density at radius 3 is 2.95 bits per heavy atom. The Morgan fingerprint density at radius 2 is 2.11 bits per heavy atom. The number of imidazole rings is 1. The van der Waals surface area contributed by atoms with Crippen LogP contribution in [0.15, 0.2) is 41.4 Å². The standard InChI is InChI=1S/C12H6BrCl2N3O/c13-9-6-18-5-4-16-11(18)12(17-9)19-8-3-1-2-7(14)10(8)15/h1-6H. The predicted molar refractivity (Wildman–Crippen MR) is 77.2 cm³/mol. The molecule has 0 saturated heterocycles. The summed E-state index contributed by atoms with van der Waals surface area (Å²) in [5, 5.41) is 0.768. The van der Waals surface area contributed by atoms with Crippen molar-refractivity contribution >= 4 is 44.8 Å². The third-order valence-corrected chi connectivity index (χ3v) is 3.62. The topological polar surface area (TPSA) is 39.4 Å². The smallest absolute Gasteiger partial charge is 0.265 e. The van der Waals surface area contributed by atoms with Crippen LogP contribution in [-0.2, 0) is 0 Å². The van der Waals surface area contributed by atoms with Crippen molar-refractivity contribution in [2.45, 2.75) is 0 Å². The fourth-order valence-electron chi connectivity index (χ4n) is 1.61. The summed E-state index contributed by atoms with van der Waals surface area (Å²) < 4.78 is 8.13. The molecule has 0 fully saturated rings. The molecule has 2 aromatic heterocycles. The normalized spacial score (nSPS) is 10.9. The molecule has 0 aliphatic heterocycles. The zero-order chi connectivity index (χ0) is 13.4. The highest BCUT2D eigenvalue weighted by atomic mass is 79.9. The van der Waals surface area contributed by atoms with Crippen molar-refractivity contribution in [1.82, 2.24) is 14.4 Å². The highest BCUT2D eigenvalue weighted by Crippen LogP contribution is 2.35. The van der Waals surface area contributed by atoms with E-state index in [4.69, 9.17) is 27.9 Å². The Bertz CT molecular complexity index is 760.